The molecule has 1 saturated heterocycles. The number of halogens is 1. The van der Waals surface area contributed by atoms with Crippen LogP contribution in [0.1, 0.15) is 37.8 Å². The first-order valence-corrected chi connectivity index (χ1v) is 10.3. The number of hydrogen-bond acceptors (Lipinski definition) is 4. The van der Waals surface area contributed by atoms with Crippen molar-refractivity contribution in [1.29, 1.82) is 0 Å². The standard InChI is InChI=1S/C20H26FN3S/c21-17-8-6-16(7-9-17)20-22-18(15-25-20)14-23-10-12-24(13-11-23)19-4-2-1-3-5-19/h6-9,15,19H,1-5,10-14H2. The van der Waals surface area contributed by atoms with E-state index in [2.05, 4.69) is 15.2 Å². The van der Waals surface area contributed by atoms with Crippen LogP contribution >= 0.6 is 11.3 Å². The SMILES string of the molecule is Fc1ccc(-c2nc(CN3CCN(C4CCCCC4)CC3)cs2)cc1. The van der Waals surface area contributed by atoms with Crippen LogP contribution in [-0.4, -0.2) is 47.0 Å². The Morgan fingerprint density at radius 3 is 2.44 bits per heavy atom. The van der Waals surface area contributed by atoms with Gasteiger partial charge in [-0.2, -0.15) is 0 Å². The van der Waals surface area contributed by atoms with Gasteiger partial charge in [0.15, 0.2) is 0 Å². The fourth-order valence-corrected chi connectivity index (χ4v) is 4.88. The predicted molar refractivity (Wildman–Crippen MR) is 101 cm³/mol. The lowest BCUT2D eigenvalue weighted by Gasteiger charge is -2.40. The van der Waals surface area contributed by atoms with Crippen LogP contribution in [0.25, 0.3) is 10.6 Å². The molecule has 1 aromatic carbocycles. The third-order valence-corrected chi connectivity index (χ3v) is 6.47. The van der Waals surface area contributed by atoms with Gasteiger partial charge < -0.3 is 0 Å². The lowest BCUT2D eigenvalue weighted by atomic mass is 9.94. The Hall–Kier alpha value is -1.30. The molecule has 2 fully saturated rings. The Labute approximate surface area is 153 Å². The maximum atomic E-state index is 13.1. The zero-order valence-electron chi connectivity index (χ0n) is 14.7. The minimum atomic E-state index is -0.198. The molecule has 0 N–H and O–H groups in total. The smallest absolute Gasteiger partial charge is 0.123 e. The van der Waals surface area contributed by atoms with E-state index in [1.165, 1.54) is 57.3 Å². The second-order valence-corrected chi connectivity index (χ2v) is 8.11. The van der Waals surface area contributed by atoms with E-state index in [0.29, 0.717) is 0 Å². The zero-order valence-corrected chi connectivity index (χ0v) is 15.5. The summed E-state index contributed by atoms with van der Waals surface area (Å²) in [4.78, 5) is 9.98. The van der Waals surface area contributed by atoms with Gasteiger partial charge in [-0.1, -0.05) is 19.3 Å². The van der Waals surface area contributed by atoms with Crippen molar-refractivity contribution in [2.24, 2.45) is 0 Å². The number of aromatic nitrogens is 1. The van der Waals surface area contributed by atoms with Crippen LogP contribution in [0.15, 0.2) is 29.6 Å². The summed E-state index contributed by atoms with van der Waals surface area (Å²) >= 11 is 1.65. The van der Waals surface area contributed by atoms with E-state index in [1.54, 1.807) is 23.5 Å². The lowest BCUT2D eigenvalue weighted by Crippen LogP contribution is -2.50. The maximum absolute atomic E-state index is 13.1. The molecule has 0 atom stereocenters. The molecular formula is C20H26FN3S. The van der Waals surface area contributed by atoms with Crippen LogP contribution in [0.2, 0.25) is 0 Å². The van der Waals surface area contributed by atoms with Crippen LogP contribution < -0.4 is 0 Å². The molecular weight excluding hydrogens is 333 g/mol. The highest BCUT2D eigenvalue weighted by molar-refractivity contribution is 7.13. The van der Waals surface area contributed by atoms with Crippen LogP contribution in [0, 0.1) is 5.82 Å². The van der Waals surface area contributed by atoms with Crippen molar-refractivity contribution in [2.45, 2.75) is 44.7 Å². The van der Waals surface area contributed by atoms with Gasteiger partial charge in [0.2, 0.25) is 0 Å². The minimum Gasteiger partial charge on any atom is -0.298 e. The molecule has 4 rings (SSSR count). The van der Waals surface area contributed by atoms with E-state index < -0.39 is 0 Å². The Kier molecular flexibility index (Phi) is 5.44. The Morgan fingerprint density at radius 2 is 1.72 bits per heavy atom. The third kappa shape index (κ3) is 4.27. The quantitative estimate of drug-likeness (QED) is 0.807. The van der Waals surface area contributed by atoms with Crippen molar-refractivity contribution in [3.63, 3.8) is 0 Å². The summed E-state index contributed by atoms with van der Waals surface area (Å²) in [7, 11) is 0. The van der Waals surface area contributed by atoms with E-state index in [9.17, 15) is 4.39 Å². The number of hydrogen-bond donors (Lipinski definition) is 0. The molecule has 2 aromatic rings. The Bertz CT molecular complexity index is 671. The second kappa shape index (κ2) is 7.94. The summed E-state index contributed by atoms with van der Waals surface area (Å²) < 4.78 is 13.1. The molecule has 2 heterocycles. The maximum Gasteiger partial charge on any atom is 0.123 e. The minimum absolute atomic E-state index is 0.198. The van der Waals surface area contributed by atoms with Gasteiger partial charge in [0.25, 0.3) is 0 Å². The van der Waals surface area contributed by atoms with Gasteiger partial charge in [-0.05, 0) is 37.1 Å². The number of thiazole rings is 1. The van der Waals surface area contributed by atoms with Crippen LogP contribution in [0.3, 0.4) is 0 Å². The van der Waals surface area contributed by atoms with Gasteiger partial charge in [0.1, 0.15) is 10.8 Å². The van der Waals surface area contributed by atoms with Crippen molar-refractivity contribution in [2.75, 3.05) is 26.2 Å². The summed E-state index contributed by atoms with van der Waals surface area (Å²) in [5, 5.41) is 3.13. The first kappa shape index (κ1) is 17.1. The summed E-state index contributed by atoms with van der Waals surface area (Å²) in [5.41, 5.74) is 2.13. The van der Waals surface area contributed by atoms with E-state index >= 15 is 0 Å². The van der Waals surface area contributed by atoms with Gasteiger partial charge >= 0.3 is 0 Å². The summed E-state index contributed by atoms with van der Waals surface area (Å²) in [6.45, 7) is 5.59. The number of rotatable bonds is 4. The highest BCUT2D eigenvalue weighted by Gasteiger charge is 2.25. The molecule has 1 aromatic heterocycles. The predicted octanol–water partition coefficient (Wildman–Crippen LogP) is 4.40. The second-order valence-electron chi connectivity index (χ2n) is 7.25. The summed E-state index contributed by atoms with van der Waals surface area (Å²) in [6.07, 6.45) is 7.04. The van der Waals surface area contributed by atoms with Crippen molar-refractivity contribution in [3.05, 3.63) is 41.2 Å². The first-order valence-electron chi connectivity index (χ1n) is 9.45. The van der Waals surface area contributed by atoms with Gasteiger partial charge in [-0.3, -0.25) is 9.80 Å². The average Bonchev–Trinajstić information content (AvgIpc) is 3.12. The van der Waals surface area contributed by atoms with E-state index in [0.717, 1.165) is 41.9 Å². The average molecular weight is 360 g/mol. The largest absolute Gasteiger partial charge is 0.298 e. The molecule has 2 aliphatic rings. The summed E-state index contributed by atoms with van der Waals surface area (Å²) in [6, 6.07) is 7.45. The molecule has 0 spiro atoms. The highest BCUT2D eigenvalue weighted by Crippen LogP contribution is 2.26. The normalized spacial score (nSPS) is 20.8. The van der Waals surface area contributed by atoms with Crippen LogP contribution in [-0.2, 0) is 6.54 Å². The highest BCUT2D eigenvalue weighted by atomic mass is 32.1. The van der Waals surface area contributed by atoms with Crippen molar-refractivity contribution in [1.82, 2.24) is 14.8 Å². The molecule has 25 heavy (non-hydrogen) atoms. The molecule has 0 unspecified atom stereocenters. The molecule has 3 nitrogen and oxygen atoms in total. The van der Waals surface area contributed by atoms with Crippen molar-refractivity contribution in [3.8, 4) is 10.6 Å². The molecule has 1 aliphatic carbocycles. The molecule has 5 heteroatoms. The molecule has 0 radical (unpaired) electrons. The molecule has 1 saturated carbocycles. The zero-order chi connectivity index (χ0) is 17.1. The Balaban J connectivity index is 1.31. The first-order chi connectivity index (χ1) is 12.3. The van der Waals surface area contributed by atoms with Crippen molar-refractivity contribution >= 4 is 11.3 Å². The van der Waals surface area contributed by atoms with E-state index in [-0.39, 0.29) is 5.82 Å². The topological polar surface area (TPSA) is 19.4 Å². The van der Waals surface area contributed by atoms with Gasteiger partial charge in [-0.25, -0.2) is 9.37 Å². The molecule has 0 bridgehead atoms. The summed E-state index contributed by atoms with van der Waals surface area (Å²) in [5.74, 6) is -0.198. The van der Waals surface area contributed by atoms with Crippen LogP contribution in [0.5, 0.6) is 0 Å². The van der Waals surface area contributed by atoms with E-state index in [4.69, 9.17) is 4.98 Å². The molecule has 134 valence electrons. The fourth-order valence-electron chi connectivity index (χ4n) is 4.07. The van der Waals surface area contributed by atoms with Gasteiger partial charge in [0, 0.05) is 49.7 Å². The third-order valence-electron chi connectivity index (χ3n) is 5.53. The molecule has 0 amide bonds. The van der Waals surface area contributed by atoms with Gasteiger partial charge in [-0.15, -0.1) is 11.3 Å². The van der Waals surface area contributed by atoms with Gasteiger partial charge in [0.05, 0.1) is 5.69 Å². The number of benzene rings is 1. The Morgan fingerprint density at radius 1 is 1.00 bits per heavy atom. The monoisotopic (exact) mass is 359 g/mol. The number of piperazine rings is 1. The van der Waals surface area contributed by atoms with E-state index in [1.807, 2.05) is 0 Å². The number of nitrogens with zero attached hydrogens (tertiary/aromatic N) is 3. The fraction of sp³-hybridized carbons (Fsp3) is 0.550. The van der Waals surface area contributed by atoms with Crippen LogP contribution in [0.4, 0.5) is 4.39 Å². The van der Waals surface area contributed by atoms with Crippen molar-refractivity contribution < 1.29 is 4.39 Å². The molecule has 1 aliphatic heterocycles. The lowest BCUT2D eigenvalue weighted by molar-refractivity contribution is 0.0750.